The summed E-state index contributed by atoms with van der Waals surface area (Å²) in [5.74, 6) is 0.0328. The molecule has 1 aliphatic rings. The van der Waals surface area contributed by atoms with Crippen LogP contribution in [0, 0.1) is 10.1 Å². The number of nitro groups is 1. The second-order valence-corrected chi connectivity index (χ2v) is 7.29. The summed E-state index contributed by atoms with van der Waals surface area (Å²) < 4.78 is 11.1. The first-order valence-corrected chi connectivity index (χ1v) is 10.0. The zero-order valence-corrected chi connectivity index (χ0v) is 16.8. The van der Waals surface area contributed by atoms with Gasteiger partial charge in [-0.2, -0.15) is 5.10 Å². The van der Waals surface area contributed by atoms with Crippen molar-refractivity contribution < 1.29 is 24.3 Å². The second kappa shape index (κ2) is 8.79. The van der Waals surface area contributed by atoms with Gasteiger partial charge in [0.2, 0.25) is 5.13 Å². The molecule has 10 nitrogen and oxygen atoms in total. The van der Waals surface area contributed by atoms with Crippen LogP contribution in [0.25, 0.3) is 11.3 Å². The fraction of sp³-hybridized carbons (Fsp3) is 0.150. The molecule has 0 atom stereocenters. The number of carboxylic acid groups (broad SMARTS) is 1. The van der Waals surface area contributed by atoms with Gasteiger partial charge in [-0.3, -0.25) is 15.5 Å². The van der Waals surface area contributed by atoms with E-state index >= 15 is 0 Å². The summed E-state index contributed by atoms with van der Waals surface area (Å²) in [6.45, 7) is 0.986. The maximum Gasteiger partial charge on any atom is 0.352 e. The predicted molar refractivity (Wildman–Crippen MR) is 114 cm³/mol. The third-order valence-electron chi connectivity index (χ3n) is 4.42. The number of aliphatic carboxylic acids is 1. The molecule has 1 aliphatic heterocycles. The van der Waals surface area contributed by atoms with Crippen molar-refractivity contribution in [3.05, 3.63) is 63.5 Å². The number of benzene rings is 2. The van der Waals surface area contributed by atoms with Crippen LogP contribution in [0.5, 0.6) is 11.5 Å². The van der Waals surface area contributed by atoms with Gasteiger partial charge in [-0.25, -0.2) is 9.78 Å². The minimum atomic E-state index is -1.28. The molecule has 4 rings (SSSR count). The number of rotatable bonds is 7. The number of hydrogen-bond acceptors (Lipinski definition) is 9. The fourth-order valence-corrected chi connectivity index (χ4v) is 3.62. The number of para-hydroxylation sites is 1. The molecule has 3 aromatic rings. The molecule has 0 spiro atoms. The molecule has 2 heterocycles. The Morgan fingerprint density at radius 3 is 2.77 bits per heavy atom. The van der Waals surface area contributed by atoms with Gasteiger partial charge >= 0.3 is 5.97 Å². The summed E-state index contributed by atoms with van der Waals surface area (Å²) in [6.07, 6.45) is -0.208. The molecular formula is C20H16N4O6S. The van der Waals surface area contributed by atoms with E-state index in [1.165, 1.54) is 29.5 Å². The average Bonchev–Trinajstić information content (AvgIpc) is 3.25. The van der Waals surface area contributed by atoms with Gasteiger partial charge in [0.25, 0.3) is 5.69 Å². The predicted octanol–water partition coefficient (Wildman–Crippen LogP) is 3.58. The molecule has 11 heteroatoms. The highest BCUT2D eigenvalue weighted by Crippen LogP contribution is 2.35. The maximum atomic E-state index is 11.6. The van der Waals surface area contributed by atoms with Crippen LogP contribution in [0.4, 0.5) is 10.8 Å². The molecule has 2 N–H and O–H groups in total. The topological polar surface area (TPSA) is 136 Å². The van der Waals surface area contributed by atoms with Crippen LogP contribution in [-0.2, 0) is 11.2 Å². The van der Waals surface area contributed by atoms with E-state index in [4.69, 9.17) is 9.47 Å². The van der Waals surface area contributed by atoms with E-state index in [-0.39, 0.29) is 23.4 Å². The standard InChI is InChI=1S/C20H16N4O6S/c25-19(26)14(9-13-3-1-2-4-16(13)24(27)28)22-23-20-21-15(11-31-20)12-5-6-17-18(10-12)30-8-7-29-17/h1-6,10-11H,7-9H2,(H,21,23)(H,25,26). The summed E-state index contributed by atoms with van der Waals surface area (Å²) in [5.41, 5.74) is 3.94. The van der Waals surface area contributed by atoms with Crippen molar-refractivity contribution in [3.8, 4) is 22.8 Å². The highest BCUT2D eigenvalue weighted by atomic mass is 32.1. The molecule has 158 valence electrons. The molecule has 0 unspecified atom stereocenters. The lowest BCUT2D eigenvalue weighted by Crippen LogP contribution is -2.18. The van der Waals surface area contributed by atoms with Crippen molar-refractivity contribution in [2.45, 2.75) is 6.42 Å². The number of thiazole rings is 1. The second-order valence-electron chi connectivity index (χ2n) is 6.43. The number of nitrogens with zero attached hydrogens (tertiary/aromatic N) is 3. The number of anilines is 1. The van der Waals surface area contributed by atoms with Crippen LogP contribution < -0.4 is 14.9 Å². The number of ether oxygens (including phenoxy) is 2. The van der Waals surface area contributed by atoms with E-state index < -0.39 is 10.9 Å². The van der Waals surface area contributed by atoms with Crippen molar-refractivity contribution >= 4 is 33.8 Å². The normalized spacial score (nSPS) is 13.0. The van der Waals surface area contributed by atoms with E-state index in [1.807, 2.05) is 18.2 Å². The lowest BCUT2D eigenvalue weighted by Gasteiger charge is -2.18. The summed E-state index contributed by atoms with van der Waals surface area (Å²) >= 11 is 1.25. The number of carboxylic acids is 1. The smallest absolute Gasteiger partial charge is 0.352 e. The van der Waals surface area contributed by atoms with E-state index in [1.54, 1.807) is 11.4 Å². The zero-order chi connectivity index (χ0) is 21.8. The van der Waals surface area contributed by atoms with Gasteiger partial charge in [-0.1, -0.05) is 18.2 Å². The average molecular weight is 440 g/mol. The van der Waals surface area contributed by atoms with E-state index in [9.17, 15) is 20.0 Å². The van der Waals surface area contributed by atoms with Gasteiger partial charge < -0.3 is 14.6 Å². The van der Waals surface area contributed by atoms with Gasteiger partial charge in [0, 0.05) is 29.0 Å². The van der Waals surface area contributed by atoms with Crippen LogP contribution in [0.1, 0.15) is 5.56 Å². The Bertz CT molecular complexity index is 1180. The minimum absolute atomic E-state index is 0.161. The zero-order valence-electron chi connectivity index (χ0n) is 16.0. The number of nitrogens with one attached hydrogen (secondary N) is 1. The van der Waals surface area contributed by atoms with Gasteiger partial charge in [-0.15, -0.1) is 11.3 Å². The summed E-state index contributed by atoms with van der Waals surface area (Å²) in [7, 11) is 0. The Hall–Kier alpha value is -3.99. The Morgan fingerprint density at radius 2 is 2.00 bits per heavy atom. The third-order valence-corrected chi connectivity index (χ3v) is 5.17. The molecule has 0 bridgehead atoms. The highest BCUT2D eigenvalue weighted by molar-refractivity contribution is 7.14. The third kappa shape index (κ3) is 4.61. The Morgan fingerprint density at radius 1 is 1.23 bits per heavy atom. The maximum absolute atomic E-state index is 11.6. The van der Waals surface area contributed by atoms with Crippen molar-refractivity contribution in [2.24, 2.45) is 5.10 Å². The summed E-state index contributed by atoms with van der Waals surface area (Å²) in [5, 5.41) is 26.7. The van der Waals surface area contributed by atoms with Crippen LogP contribution in [0.15, 0.2) is 52.9 Å². The quantitative estimate of drug-likeness (QED) is 0.323. The van der Waals surface area contributed by atoms with E-state index in [2.05, 4.69) is 15.5 Å². The first kappa shape index (κ1) is 20.3. The lowest BCUT2D eigenvalue weighted by molar-refractivity contribution is -0.385. The molecule has 0 amide bonds. The molecule has 2 aromatic carbocycles. The van der Waals surface area contributed by atoms with Crippen molar-refractivity contribution in [3.63, 3.8) is 0 Å². The van der Waals surface area contributed by atoms with Gasteiger partial charge in [-0.05, 0) is 18.2 Å². The molecule has 0 fully saturated rings. The Balaban J connectivity index is 1.52. The van der Waals surface area contributed by atoms with E-state index in [0.29, 0.717) is 35.5 Å². The largest absolute Gasteiger partial charge is 0.486 e. The van der Waals surface area contributed by atoms with Crippen LogP contribution in [0.2, 0.25) is 0 Å². The Kier molecular flexibility index (Phi) is 5.76. The minimum Gasteiger partial charge on any atom is -0.486 e. The number of hydrogen-bond donors (Lipinski definition) is 2. The molecule has 0 saturated heterocycles. The number of fused-ring (bicyclic) bond motifs is 1. The molecule has 0 saturated carbocycles. The SMILES string of the molecule is O=C(O)C(Cc1ccccc1[N+](=O)[O-])=NNc1nc(-c2ccc3c(c2)OCCO3)cs1. The van der Waals surface area contributed by atoms with Gasteiger partial charge in [0.15, 0.2) is 11.5 Å². The van der Waals surface area contributed by atoms with Crippen LogP contribution in [0.3, 0.4) is 0 Å². The molecule has 0 radical (unpaired) electrons. The number of aromatic nitrogens is 1. The van der Waals surface area contributed by atoms with E-state index in [0.717, 1.165) is 5.56 Å². The van der Waals surface area contributed by atoms with Gasteiger partial charge in [0.1, 0.15) is 18.9 Å². The lowest BCUT2D eigenvalue weighted by atomic mass is 10.1. The summed E-state index contributed by atoms with van der Waals surface area (Å²) in [4.78, 5) is 26.6. The number of carbonyl (C=O) groups is 1. The molecule has 1 aromatic heterocycles. The monoisotopic (exact) mass is 440 g/mol. The molecule has 0 aliphatic carbocycles. The highest BCUT2D eigenvalue weighted by Gasteiger charge is 2.19. The van der Waals surface area contributed by atoms with Crippen LogP contribution >= 0.6 is 11.3 Å². The van der Waals surface area contributed by atoms with Crippen LogP contribution in [-0.4, -0.2) is 39.9 Å². The summed E-state index contributed by atoms with van der Waals surface area (Å²) in [6, 6.07) is 11.4. The van der Waals surface area contributed by atoms with Crippen molar-refractivity contribution in [1.29, 1.82) is 0 Å². The molecular weight excluding hydrogens is 424 g/mol. The van der Waals surface area contributed by atoms with Gasteiger partial charge in [0.05, 0.1) is 10.6 Å². The fourth-order valence-electron chi connectivity index (χ4n) is 2.96. The van der Waals surface area contributed by atoms with Crippen molar-refractivity contribution in [2.75, 3.05) is 18.6 Å². The first-order valence-electron chi connectivity index (χ1n) is 9.15. The first-order chi connectivity index (χ1) is 15.0. The molecule has 31 heavy (non-hydrogen) atoms. The number of nitro benzene ring substituents is 1. The Labute approximate surface area is 179 Å². The van der Waals surface area contributed by atoms with Crippen molar-refractivity contribution in [1.82, 2.24) is 4.98 Å². The number of hydrazone groups is 1.